The molecule has 3 aromatic rings. The van der Waals surface area contributed by atoms with E-state index >= 15 is 0 Å². The van der Waals surface area contributed by atoms with E-state index < -0.39 is 24.6 Å². The molecule has 0 aliphatic rings. The SMILES string of the molecule is Cc1cc(C)c(C(=O)P(=O)(c2ccccc2)c2ccccc2)c(C)c1CN(CCC(=O)[O-])CCC(=O)[O-].[K+].[K+]. The fourth-order valence-electron chi connectivity index (χ4n) is 4.61. The third-order valence-corrected chi connectivity index (χ3v) is 9.36. The number of rotatable bonds is 12. The molecule has 0 saturated carbocycles. The van der Waals surface area contributed by atoms with Gasteiger partial charge >= 0.3 is 103 Å². The van der Waals surface area contributed by atoms with E-state index in [1.807, 2.05) is 13.0 Å². The van der Waals surface area contributed by atoms with Gasteiger partial charge in [-0.2, -0.15) is 0 Å². The predicted molar refractivity (Wildman–Crippen MR) is 139 cm³/mol. The molecule has 39 heavy (non-hydrogen) atoms. The summed E-state index contributed by atoms with van der Waals surface area (Å²) in [5.74, 6) is -2.48. The van der Waals surface area contributed by atoms with Gasteiger partial charge < -0.3 is 24.4 Å². The van der Waals surface area contributed by atoms with Crippen molar-refractivity contribution in [1.82, 2.24) is 4.90 Å². The van der Waals surface area contributed by atoms with Crippen molar-refractivity contribution in [3.8, 4) is 0 Å². The van der Waals surface area contributed by atoms with Crippen LogP contribution in [0.3, 0.4) is 0 Å². The molecule has 7 nitrogen and oxygen atoms in total. The Labute approximate surface area is 315 Å². The van der Waals surface area contributed by atoms with E-state index in [-0.39, 0.29) is 135 Å². The third-order valence-electron chi connectivity index (χ3n) is 6.52. The smallest absolute Gasteiger partial charge is 0.550 e. The molecule has 0 saturated heterocycles. The minimum atomic E-state index is -3.74. The Morgan fingerprint density at radius 2 is 1.18 bits per heavy atom. The van der Waals surface area contributed by atoms with Crippen LogP contribution in [0.15, 0.2) is 66.7 Å². The summed E-state index contributed by atoms with van der Waals surface area (Å²) in [6.07, 6.45) is -0.528. The first-order chi connectivity index (χ1) is 17.6. The van der Waals surface area contributed by atoms with E-state index in [4.69, 9.17) is 0 Å². The van der Waals surface area contributed by atoms with Gasteiger partial charge in [-0.25, -0.2) is 0 Å². The summed E-state index contributed by atoms with van der Waals surface area (Å²) in [7, 11) is -3.74. The molecular formula is C29H30K2NO6P. The van der Waals surface area contributed by atoms with Crippen molar-refractivity contribution in [3.05, 3.63) is 94.5 Å². The van der Waals surface area contributed by atoms with Crippen LogP contribution in [0, 0.1) is 20.8 Å². The number of nitrogens with zero attached hydrogens (tertiary/aromatic N) is 1. The van der Waals surface area contributed by atoms with Crippen LogP contribution in [0.4, 0.5) is 0 Å². The van der Waals surface area contributed by atoms with E-state index in [2.05, 4.69) is 0 Å². The van der Waals surface area contributed by atoms with Crippen LogP contribution in [-0.4, -0.2) is 35.5 Å². The van der Waals surface area contributed by atoms with Crippen LogP contribution in [0.5, 0.6) is 0 Å². The van der Waals surface area contributed by atoms with Crippen molar-refractivity contribution >= 4 is 35.2 Å². The fraction of sp³-hybridized carbons (Fsp3) is 0.276. The minimum absolute atomic E-state index is 0. The predicted octanol–water partition coefficient (Wildman–Crippen LogP) is -4.14. The van der Waals surface area contributed by atoms with Gasteiger partial charge in [-0.05, 0) is 55.9 Å². The molecule has 0 N–H and O–H groups in total. The Bertz CT molecular complexity index is 1290. The Morgan fingerprint density at radius 1 is 0.744 bits per heavy atom. The summed E-state index contributed by atoms with van der Waals surface area (Å²) in [4.78, 5) is 38.0. The van der Waals surface area contributed by atoms with Crippen LogP contribution >= 0.6 is 7.14 Å². The average Bonchev–Trinajstić information content (AvgIpc) is 2.87. The zero-order valence-corrected chi connectivity index (χ0v) is 30.4. The van der Waals surface area contributed by atoms with E-state index in [9.17, 15) is 29.2 Å². The van der Waals surface area contributed by atoms with Crippen molar-refractivity contribution in [1.29, 1.82) is 0 Å². The summed E-state index contributed by atoms with van der Waals surface area (Å²) in [6, 6.07) is 19.3. The van der Waals surface area contributed by atoms with Gasteiger partial charge in [-0.1, -0.05) is 66.7 Å². The summed E-state index contributed by atoms with van der Waals surface area (Å²) in [5, 5.41) is 23.0. The summed E-state index contributed by atoms with van der Waals surface area (Å²) >= 11 is 0. The topological polar surface area (TPSA) is 118 Å². The summed E-state index contributed by atoms with van der Waals surface area (Å²) in [6.45, 7) is 5.86. The summed E-state index contributed by atoms with van der Waals surface area (Å²) in [5.41, 5.74) is 2.84. The Balaban J connectivity index is 0.00000380. The molecule has 3 aromatic carbocycles. The Hall–Kier alpha value is -0.267. The molecule has 3 rings (SSSR count). The number of carbonyl (C=O) groups excluding carboxylic acids is 3. The van der Waals surface area contributed by atoms with Crippen molar-refractivity contribution < 1.29 is 132 Å². The molecule has 10 heteroatoms. The second-order valence-electron chi connectivity index (χ2n) is 9.09. The number of benzene rings is 3. The first-order valence-corrected chi connectivity index (χ1v) is 13.7. The van der Waals surface area contributed by atoms with Crippen LogP contribution in [0.1, 0.15) is 45.5 Å². The molecule has 0 atom stereocenters. The maximum atomic E-state index is 14.7. The number of aliphatic carboxylic acids is 2. The van der Waals surface area contributed by atoms with E-state index in [1.54, 1.807) is 79.4 Å². The van der Waals surface area contributed by atoms with Crippen LogP contribution in [-0.2, 0) is 20.7 Å². The standard InChI is InChI=1S/C29H32NO6P.2K/c1-20-18-21(2)28(22(3)25(20)19-30(16-14-26(31)32)17-15-27(33)34)29(35)37(36,23-10-6-4-7-11-23)24-12-8-5-9-13-24;;/h4-13,18H,14-17,19H2,1-3H3,(H,31,32)(H,33,34);;/q;2*+1/p-2. The van der Waals surface area contributed by atoms with Crippen molar-refractivity contribution in [3.63, 3.8) is 0 Å². The maximum absolute atomic E-state index is 14.7. The normalized spacial score (nSPS) is 10.9. The second-order valence-corrected chi connectivity index (χ2v) is 11.8. The van der Waals surface area contributed by atoms with Crippen molar-refractivity contribution in [2.24, 2.45) is 0 Å². The largest absolute Gasteiger partial charge is 1.00 e. The van der Waals surface area contributed by atoms with Gasteiger partial charge in [0.1, 0.15) is 0 Å². The van der Waals surface area contributed by atoms with Crippen LogP contribution in [0.2, 0.25) is 0 Å². The second kappa shape index (κ2) is 17.0. The molecule has 0 amide bonds. The molecule has 194 valence electrons. The van der Waals surface area contributed by atoms with E-state index in [0.29, 0.717) is 27.3 Å². The first-order valence-electron chi connectivity index (χ1n) is 12.0. The molecular weight excluding hydrogens is 567 g/mol. The first kappa shape index (κ1) is 36.8. The number of carbonyl (C=O) groups is 3. The monoisotopic (exact) mass is 597 g/mol. The number of aryl methyl sites for hydroxylation is 2. The van der Waals surface area contributed by atoms with Crippen molar-refractivity contribution in [2.45, 2.75) is 40.2 Å². The quantitative estimate of drug-likeness (QED) is 0.154. The van der Waals surface area contributed by atoms with Crippen molar-refractivity contribution in [2.75, 3.05) is 13.1 Å². The Morgan fingerprint density at radius 3 is 1.59 bits per heavy atom. The molecule has 0 unspecified atom stereocenters. The van der Waals surface area contributed by atoms with Gasteiger partial charge in [0.25, 0.3) is 0 Å². The molecule has 0 aromatic heterocycles. The molecule has 0 fully saturated rings. The molecule has 0 spiro atoms. The number of carboxylic acid groups (broad SMARTS) is 2. The zero-order valence-electron chi connectivity index (χ0n) is 23.2. The van der Waals surface area contributed by atoms with Gasteiger partial charge in [0, 0.05) is 47.7 Å². The van der Waals surface area contributed by atoms with E-state index in [0.717, 1.165) is 11.1 Å². The van der Waals surface area contributed by atoms with E-state index in [1.165, 1.54) is 0 Å². The molecule has 0 aliphatic carbocycles. The Kier molecular flexibility index (Phi) is 16.0. The number of carboxylic acids is 2. The third kappa shape index (κ3) is 9.36. The molecule has 0 bridgehead atoms. The van der Waals surface area contributed by atoms with Gasteiger partial charge in [0.05, 0.1) is 0 Å². The van der Waals surface area contributed by atoms with Gasteiger partial charge in [-0.15, -0.1) is 0 Å². The average molecular weight is 598 g/mol. The van der Waals surface area contributed by atoms with Crippen LogP contribution < -0.4 is 124 Å². The zero-order chi connectivity index (χ0) is 27.2. The molecule has 0 heterocycles. The number of hydrogen-bond donors (Lipinski definition) is 0. The van der Waals surface area contributed by atoms with Gasteiger partial charge in [0.2, 0.25) is 12.7 Å². The van der Waals surface area contributed by atoms with Gasteiger partial charge in [0.15, 0.2) is 0 Å². The fourth-order valence-corrected chi connectivity index (χ4v) is 7.22. The maximum Gasteiger partial charge on any atom is 1.00 e. The minimum Gasteiger partial charge on any atom is -0.550 e. The molecule has 0 radical (unpaired) electrons. The molecule has 0 aliphatic heterocycles. The number of hydrogen-bond acceptors (Lipinski definition) is 7. The van der Waals surface area contributed by atoms with Crippen LogP contribution in [0.25, 0.3) is 0 Å². The summed E-state index contributed by atoms with van der Waals surface area (Å²) < 4.78 is 14.7. The van der Waals surface area contributed by atoms with Gasteiger partial charge in [-0.3, -0.25) is 9.69 Å².